The molecule has 2 aromatic heterocycles. The molecule has 0 aliphatic carbocycles. The molecule has 134 valence electrons. The van der Waals surface area contributed by atoms with Crippen molar-refractivity contribution in [1.82, 2.24) is 4.98 Å². The molecule has 2 heterocycles. The van der Waals surface area contributed by atoms with Crippen molar-refractivity contribution in [3.8, 4) is 6.07 Å². The second kappa shape index (κ2) is 7.14. The molecule has 1 amide bonds. The lowest BCUT2D eigenvalue weighted by atomic mass is 9.99. The maximum atomic E-state index is 12.6. The Bertz CT molecular complexity index is 1080. The fraction of sp³-hybridized carbons (Fsp3) is 0.100. The van der Waals surface area contributed by atoms with Gasteiger partial charge in [0.05, 0.1) is 23.8 Å². The molecule has 4 N–H and O–H groups in total. The van der Waals surface area contributed by atoms with Crippen LogP contribution in [0.4, 0.5) is 11.4 Å². The van der Waals surface area contributed by atoms with Crippen LogP contribution in [0.3, 0.4) is 0 Å². The van der Waals surface area contributed by atoms with Gasteiger partial charge in [0.25, 0.3) is 5.91 Å². The van der Waals surface area contributed by atoms with Crippen LogP contribution in [0.2, 0.25) is 0 Å². The van der Waals surface area contributed by atoms with Gasteiger partial charge >= 0.3 is 0 Å². The summed E-state index contributed by atoms with van der Waals surface area (Å²) in [5.74, 6) is -0.401. The van der Waals surface area contributed by atoms with Gasteiger partial charge < -0.3 is 15.5 Å². The van der Waals surface area contributed by atoms with E-state index in [0.717, 1.165) is 5.56 Å². The first kappa shape index (κ1) is 17.9. The Morgan fingerprint density at radius 1 is 1.30 bits per heavy atom. The lowest BCUT2D eigenvalue weighted by Gasteiger charge is -2.13. The highest BCUT2D eigenvalue weighted by Gasteiger charge is 2.16. The molecule has 0 radical (unpaired) electrons. The van der Waals surface area contributed by atoms with Crippen LogP contribution in [0.15, 0.2) is 47.4 Å². The molecule has 0 atom stereocenters. The number of furan rings is 1. The topological polar surface area (TPSA) is 129 Å². The molecule has 0 spiro atoms. The standard InChI is InChI=1S/C20H17N5O2/c1-11-6-15(7-16(17(11)22)18(23)14-3-4-27-10-14)25-20(26)19-12(2)5-13(8-21)9-24-19/h3-7,9-10,23H,22H2,1-2H3,(H,25,26). The molecule has 0 bridgehead atoms. The highest BCUT2D eigenvalue weighted by Crippen LogP contribution is 2.26. The maximum Gasteiger partial charge on any atom is 0.274 e. The second-order valence-electron chi connectivity index (χ2n) is 6.10. The van der Waals surface area contributed by atoms with Crippen LogP contribution in [-0.4, -0.2) is 16.6 Å². The molecule has 0 fully saturated rings. The van der Waals surface area contributed by atoms with Gasteiger partial charge in [-0.3, -0.25) is 10.2 Å². The SMILES string of the molecule is Cc1cc(C#N)cnc1C(=O)Nc1cc(C)c(N)c(C(=N)c2ccoc2)c1. The minimum atomic E-state index is -0.401. The molecule has 7 nitrogen and oxygen atoms in total. The minimum Gasteiger partial charge on any atom is -0.472 e. The van der Waals surface area contributed by atoms with Crippen LogP contribution < -0.4 is 11.1 Å². The number of benzene rings is 1. The van der Waals surface area contributed by atoms with Crippen molar-refractivity contribution in [2.75, 3.05) is 11.1 Å². The molecular formula is C20H17N5O2. The lowest BCUT2D eigenvalue weighted by molar-refractivity contribution is 0.102. The first-order chi connectivity index (χ1) is 12.9. The summed E-state index contributed by atoms with van der Waals surface area (Å²) in [5.41, 5.74) is 10.3. The number of anilines is 2. The van der Waals surface area contributed by atoms with Gasteiger partial charge in [0, 0.05) is 28.7 Å². The first-order valence-electron chi connectivity index (χ1n) is 8.10. The van der Waals surface area contributed by atoms with Crippen molar-refractivity contribution in [3.05, 3.63) is 76.5 Å². The van der Waals surface area contributed by atoms with E-state index >= 15 is 0 Å². The van der Waals surface area contributed by atoms with E-state index < -0.39 is 5.91 Å². The van der Waals surface area contributed by atoms with Crippen molar-refractivity contribution in [1.29, 1.82) is 10.7 Å². The molecule has 0 saturated heterocycles. The molecule has 27 heavy (non-hydrogen) atoms. The van der Waals surface area contributed by atoms with Gasteiger partial charge in [-0.25, -0.2) is 4.98 Å². The van der Waals surface area contributed by atoms with Crippen LogP contribution in [0.5, 0.6) is 0 Å². The Balaban J connectivity index is 1.93. The van der Waals surface area contributed by atoms with Crippen molar-refractivity contribution >= 4 is 23.0 Å². The number of hydrogen-bond donors (Lipinski definition) is 3. The summed E-state index contributed by atoms with van der Waals surface area (Å²) in [5, 5.41) is 20.1. The molecule has 3 rings (SSSR count). The number of nitrogen functional groups attached to an aromatic ring is 1. The number of carbonyl (C=O) groups excluding carboxylic acids is 1. The first-order valence-corrected chi connectivity index (χ1v) is 8.10. The Kier molecular flexibility index (Phi) is 4.73. The zero-order valence-electron chi connectivity index (χ0n) is 14.8. The number of rotatable bonds is 4. The molecule has 3 aromatic rings. The van der Waals surface area contributed by atoms with E-state index in [2.05, 4.69) is 10.3 Å². The maximum absolute atomic E-state index is 12.6. The number of aromatic nitrogens is 1. The lowest BCUT2D eigenvalue weighted by Crippen LogP contribution is -2.16. The number of carbonyl (C=O) groups is 1. The average molecular weight is 359 g/mol. The van der Waals surface area contributed by atoms with Crippen molar-refractivity contribution in [2.24, 2.45) is 0 Å². The number of hydrogen-bond acceptors (Lipinski definition) is 6. The van der Waals surface area contributed by atoms with E-state index in [1.165, 1.54) is 18.7 Å². The third kappa shape index (κ3) is 3.55. The smallest absolute Gasteiger partial charge is 0.274 e. The van der Waals surface area contributed by atoms with E-state index in [1.54, 1.807) is 31.2 Å². The highest BCUT2D eigenvalue weighted by atomic mass is 16.3. The monoisotopic (exact) mass is 359 g/mol. The van der Waals surface area contributed by atoms with Gasteiger partial charge in [-0.05, 0) is 49.2 Å². The summed E-state index contributed by atoms with van der Waals surface area (Å²) in [7, 11) is 0. The average Bonchev–Trinajstić information content (AvgIpc) is 3.18. The van der Waals surface area contributed by atoms with E-state index in [-0.39, 0.29) is 11.4 Å². The van der Waals surface area contributed by atoms with E-state index in [9.17, 15) is 4.79 Å². The Morgan fingerprint density at radius 2 is 2.07 bits per heavy atom. The molecule has 0 saturated carbocycles. The molecule has 0 aliphatic heterocycles. The second-order valence-corrected chi connectivity index (χ2v) is 6.10. The van der Waals surface area contributed by atoms with Gasteiger partial charge in [0.1, 0.15) is 11.8 Å². The largest absolute Gasteiger partial charge is 0.472 e. The summed E-state index contributed by atoms with van der Waals surface area (Å²) >= 11 is 0. The molecule has 0 unspecified atom stereocenters. The summed E-state index contributed by atoms with van der Waals surface area (Å²) in [6.45, 7) is 3.53. The zero-order valence-corrected chi connectivity index (χ0v) is 14.8. The molecule has 7 heteroatoms. The van der Waals surface area contributed by atoms with Crippen LogP contribution >= 0.6 is 0 Å². The van der Waals surface area contributed by atoms with E-state index in [4.69, 9.17) is 20.8 Å². The Hall–Kier alpha value is -3.92. The van der Waals surface area contributed by atoms with Gasteiger partial charge in [0.2, 0.25) is 0 Å². The summed E-state index contributed by atoms with van der Waals surface area (Å²) in [4.78, 5) is 16.7. The highest BCUT2D eigenvalue weighted by molar-refractivity contribution is 6.15. The molecule has 1 aromatic carbocycles. The van der Waals surface area contributed by atoms with Crippen LogP contribution in [-0.2, 0) is 0 Å². The van der Waals surface area contributed by atoms with Gasteiger partial charge in [-0.2, -0.15) is 5.26 Å². The number of aryl methyl sites for hydroxylation is 2. The Labute approximate surface area is 156 Å². The van der Waals surface area contributed by atoms with Crippen LogP contribution in [0.1, 0.15) is 38.3 Å². The minimum absolute atomic E-state index is 0.202. The fourth-order valence-electron chi connectivity index (χ4n) is 2.70. The number of nitrogens with one attached hydrogen (secondary N) is 2. The third-order valence-electron chi connectivity index (χ3n) is 4.15. The third-order valence-corrected chi connectivity index (χ3v) is 4.15. The summed E-state index contributed by atoms with van der Waals surface area (Å²) in [6, 6.07) is 8.65. The molecular weight excluding hydrogens is 342 g/mol. The van der Waals surface area contributed by atoms with Gasteiger partial charge in [-0.15, -0.1) is 0 Å². The summed E-state index contributed by atoms with van der Waals surface area (Å²) < 4.78 is 5.03. The number of nitrogens with two attached hydrogens (primary N) is 1. The number of nitrogens with zero attached hydrogens (tertiary/aromatic N) is 2. The van der Waals surface area contributed by atoms with E-state index in [1.807, 2.05) is 13.0 Å². The zero-order chi connectivity index (χ0) is 19.6. The Morgan fingerprint density at radius 3 is 2.70 bits per heavy atom. The normalized spacial score (nSPS) is 10.3. The predicted octanol–water partition coefficient (Wildman–Crippen LogP) is 3.41. The van der Waals surface area contributed by atoms with Crippen molar-refractivity contribution in [3.63, 3.8) is 0 Å². The van der Waals surface area contributed by atoms with E-state index in [0.29, 0.717) is 33.6 Å². The van der Waals surface area contributed by atoms with Gasteiger partial charge in [-0.1, -0.05) is 0 Å². The quantitative estimate of drug-likeness (QED) is 0.485. The van der Waals surface area contributed by atoms with Crippen LogP contribution in [0, 0.1) is 30.6 Å². The number of pyridine rings is 1. The van der Waals surface area contributed by atoms with Crippen molar-refractivity contribution in [2.45, 2.75) is 13.8 Å². The van der Waals surface area contributed by atoms with Gasteiger partial charge in [0.15, 0.2) is 0 Å². The number of nitriles is 1. The fourth-order valence-corrected chi connectivity index (χ4v) is 2.70. The number of amides is 1. The summed E-state index contributed by atoms with van der Waals surface area (Å²) in [6.07, 6.45) is 4.31. The predicted molar refractivity (Wildman–Crippen MR) is 102 cm³/mol. The van der Waals surface area contributed by atoms with Crippen molar-refractivity contribution < 1.29 is 9.21 Å². The molecule has 0 aliphatic rings. The van der Waals surface area contributed by atoms with Crippen LogP contribution in [0.25, 0.3) is 0 Å².